The largest absolute Gasteiger partial charge is 0.310 e. The molecule has 290 valence electrons. The molecule has 0 aliphatic rings. The number of aromatic nitrogens is 1. The Balaban J connectivity index is 1.04. The van der Waals surface area contributed by atoms with E-state index in [9.17, 15) is 0 Å². The van der Waals surface area contributed by atoms with Crippen LogP contribution in [-0.2, 0) is 0 Å². The van der Waals surface area contributed by atoms with Crippen LogP contribution in [0.25, 0.3) is 93.2 Å². The van der Waals surface area contributed by atoms with Gasteiger partial charge < -0.3 is 9.47 Å². The minimum absolute atomic E-state index is 1.09. The molecule has 0 atom stereocenters. The van der Waals surface area contributed by atoms with Crippen LogP contribution in [0.2, 0.25) is 0 Å². The molecule has 1 heterocycles. The summed E-state index contributed by atoms with van der Waals surface area (Å²) in [6.45, 7) is 0. The van der Waals surface area contributed by atoms with Crippen LogP contribution in [-0.4, -0.2) is 4.57 Å². The van der Waals surface area contributed by atoms with E-state index in [1.54, 1.807) is 0 Å². The third-order valence-corrected chi connectivity index (χ3v) is 12.5. The van der Waals surface area contributed by atoms with Gasteiger partial charge in [-0.3, -0.25) is 0 Å². The van der Waals surface area contributed by atoms with Gasteiger partial charge in [-0.1, -0.05) is 182 Å². The van der Waals surface area contributed by atoms with E-state index < -0.39 is 0 Å². The Morgan fingerprint density at radius 1 is 0.258 bits per heavy atom. The van der Waals surface area contributed by atoms with Crippen molar-refractivity contribution in [1.29, 1.82) is 0 Å². The van der Waals surface area contributed by atoms with Gasteiger partial charge in [0.25, 0.3) is 0 Å². The first-order valence-electron chi connectivity index (χ1n) is 21.3. The number of anilines is 3. The predicted octanol–water partition coefficient (Wildman–Crippen LogP) is 16.7. The lowest BCUT2D eigenvalue weighted by molar-refractivity contribution is 1.18. The molecule has 0 radical (unpaired) electrons. The van der Waals surface area contributed by atoms with E-state index in [0.29, 0.717) is 0 Å². The van der Waals surface area contributed by atoms with E-state index in [-0.39, 0.29) is 0 Å². The summed E-state index contributed by atoms with van der Waals surface area (Å²) < 4.78 is 2.39. The lowest BCUT2D eigenvalue weighted by atomic mass is 9.84. The molecule has 12 rings (SSSR count). The van der Waals surface area contributed by atoms with E-state index in [4.69, 9.17) is 0 Å². The second-order valence-corrected chi connectivity index (χ2v) is 16.1. The number of hydrogen-bond donors (Lipinski definition) is 0. The number of para-hydroxylation sites is 2. The van der Waals surface area contributed by atoms with E-state index in [0.717, 1.165) is 22.7 Å². The standard InChI is InChI=1S/C60H40N2/c1-4-17-43(18-5-1)59-55-26-13-12-24-51(55)52-36-31-46(39-56(52)60(59)44-19-6-2-7-20-44)42-28-32-48(33-29-42)61(49-34-30-41-16-10-11-21-45(41)38-49)50-35-37-54-53-25-14-15-27-57(53)62(58(54)40-50)47-22-8-3-9-23-47/h1-40H. The summed E-state index contributed by atoms with van der Waals surface area (Å²) >= 11 is 0. The van der Waals surface area contributed by atoms with Crippen LogP contribution in [0.3, 0.4) is 0 Å². The SMILES string of the molecule is c1ccc(-c2c(-c3ccccc3)c3cc(-c4ccc(N(c5ccc6ccccc6c5)c5ccc6c7ccccc7n(-c7ccccc7)c6c5)cc4)ccc3c3ccccc23)cc1. The molecule has 0 N–H and O–H groups in total. The van der Waals surface area contributed by atoms with Crippen molar-refractivity contribution in [3.63, 3.8) is 0 Å². The topological polar surface area (TPSA) is 8.17 Å². The van der Waals surface area contributed by atoms with Crippen LogP contribution in [0.15, 0.2) is 243 Å². The smallest absolute Gasteiger partial charge is 0.0561 e. The Morgan fingerprint density at radius 2 is 0.758 bits per heavy atom. The van der Waals surface area contributed by atoms with E-state index in [1.807, 2.05) is 0 Å². The van der Waals surface area contributed by atoms with E-state index >= 15 is 0 Å². The minimum Gasteiger partial charge on any atom is -0.310 e. The summed E-state index contributed by atoms with van der Waals surface area (Å²) in [5.41, 5.74) is 14.1. The summed E-state index contributed by atoms with van der Waals surface area (Å²) in [6, 6.07) is 88.5. The van der Waals surface area contributed by atoms with Gasteiger partial charge in [0, 0.05) is 33.5 Å². The molecule has 2 heteroatoms. The van der Waals surface area contributed by atoms with Crippen LogP contribution < -0.4 is 4.90 Å². The first kappa shape index (κ1) is 35.7. The van der Waals surface area contributed by atoms with Gasteiger partial charge in [0.1, 0.15) is 0 Å². The molecule has 0 bridgehead atoms. The van der Waals surface area contributed by atoms with Gasteiger partial charge >= 0.3 is 0 Å². The van der Waals surface area contributed by atoms with Gasteiger partial charge in [-0.15, -0.1) is 0 Å². The van der Waals surface area contributed by atoms with Crippen molar-refractivity contribution in [2.75, 3.05) is 4.90 Å². The highest BCUT2D eigenvalue weighted by atomic mass is 15.1. The highest BCUT2D eigenvalue weighted by molar-refractivity contribution is 6.22. The van der Waals surface area contributed by atoms with Gasteiger partial charge in [-0.25, -0.2) is 0 Å². The third kappa shape index (κ3) is 5.96. The molecule has 2 nitrogen and oxygen atoms in total. The van der Waals surface area contributed by atoms with E-state index in [1.165, 1.54) is 87.5 Å². The minimum atomic E-state index is 1.09. The molecule has 0 saturated heterocycles. The van der Waals surface area contributed by atoms with Crippen LogP contribution in [0.5, 0.6) is 0 Å². The Kier molecular flexibility index (Phi) is 8.53. The Hall–Kier alpha value is -8.20. The van der Waals surface area contributed by atoms with Crippen molar-refractivity contribution in [2.24, 2.45) is 0 Å². The summed E-state index contributed by atoms with van der Waals surface area (Å²) in [5.74, 6) is 0. The highest BCUT2D eigenvalue weighted by Crippen LogP contribution is 2.46. The number of fused-ring (bicyclic) bond motifs is 7. The number of rotatable bonds is 7. The van der Waals surface area contributed by atoms with Crippen LogP contribution >= 0.6 is 0 Å². The average molecular weight is 789 g/mol. The van der Waals surface area contributed by atoms with Gasteiger partial charge in [0.05, 0.1) is 11.0 Å². The first-order valence-corrected chi connectivity index (χ1v) is 21.3. The molecule has 0 saturated carbocycles. The fraction of sp³-hybridized carbons (Fsp3) is 0. The van der Waals surface area contributed by atoms with Crippen molar-refractivity contribution < 1.29 is 0 Å². The molecule has 0 amide bonds. The second kappa shape index (κ2) is 14.8. The molecule has 0 fully saturated rings. The lowest BCUT2D eigenvalue weighted by Gasteiger charge is -2.26. The average Bonchev–Trinajstić information content (AvgIpc) is 3.68. The maximum atomic E-state index is 2.41. The molecule has 0 aliphatic heterocycles. The zero-order valence-corrected chi connectivity index (χ0v) is 34.0. The molecule has 62 heavy (non-hydrogen) atoms. The van der Waals surface area contributed by atoms with Crippen molar-refractivity contribution in [3.8, 4) is 39.1 Å². The second-order valence-electron chi connectivity index (χ2n) is 16.1. The van der Waals surface area contributed by atoms with Gasteiger partial charge in [0.2, 0.25) is 0 Å². The number of hydrogen-bond acceptors (Lipinski definition) is 1. The number of benzene rings is 11. The summed E-state index contributed by atoms with van der Waals surface area (Å²) in [7, 11) is 0. The van der Waals surface area contributed by atoms with Gasteiger partial charge in [-0.2, -0.15) is 0 Å². The van der Waals surface area contributed by atoms with Crippen LogP contribution in [0.4, 0.5) is 17.1 Å². The molecule has 0 aliphatic carbocycles. The van der Waals surface area contributed by atoms with Crippen molar-refractivity contribution in [2.45, 2.75) is 0 Å². The quantitative estimate of drug-likeness (QED) is 0.146. The summed E-state index contributed by atoms with van der Waals surface area (Å²) in [4.78, 5) is 2.40. The molecule has 11 aromatic carbocycles. The van der Waals surface area contributed by atoms with E-state index in [2.05, 4.69) is 252 Å². The maximum Gasteiger partial charge on any atom is 0.0561 e. The zero-order chi connectivity index (χ0) is 41.0. The van der Waals surface area contributed by atoms with Crippen molar-refractivity contribution in [3.05, 3.63) is 243 Å². The normalized spacial score (nSPS) is 11.5. The Morgan fingerprint density at radius 3 is 1.50 bits per heavy atom. The molecule has 0 spiro atoms. The van der Waals surface area contributed by atoms with Crippen molar-refractivity contribution >= 4 is 71.2 Å². The molecule has 12 aromatic rings. The van der Waals surface area contributed by atoms with Crippen LogP contribution in [0, 0.1) is 0 Å². The predicted molar refractivity (Wildman–Crippen MR) is 264 cm³/mol. The highest BCUT2D eigenvalue weighted by Gasteiger charge is 2.20. The fourth-order valence-corrected chi connectivity index (χ4v) is 9.70. The van der Waals surface area contributed by atoms with Gasteiger partial charge in [0.15, 0.2) is 0 Å². The zero-order valence-electron chi connectivity index (χ0n) is 34.0. The Bertz CT molecular complexity index is 3610. The lowest BCUT2D eigenvalue weighted by Crippen LogP contribution is -2.10. The molecular weight excluding hydrogens is 749 g/mol. The third-order valence-electron chi connectivity index (χ3n) is 12.5. The summed E-state index contributed by atoms with van der Waals surface area (Å²) in [6.07, 6.45) is 0. The molecule has 0 unspecified atom stereocenters. The first-order chi connectivity index (χ1) is 30.8. The fourth-order valence-electron chi connectivity index (χ4n) is 9.70. The van der Waals surface area contributed by atoms with Crippen LogP contribution in [0.1, 0.15) is 0 Å². The molecular formula is C60H40N2. The van der Waals surface area contributed by atoms with Crippen molar-refractivity contribution in [1.82, 2.24) is 4.57 Å². The molecule has 1 aromatic heterocycles. The summed E-state index contributed by atoms with van der Waals surface area (Å²) in [5, 5.41) is 9.93. The monoisotopic (exact) mass is 788 g/mol. The Labute approximate surface area is 360 Å². The number of nitrogens with zero attached hydrogens (tertiary/aromatic N) is 2. The van der Waals surface area contributed by atoms with Gasteiger partial charge in [-0.05, 0) is 126 Å². The maximum absolute atomic E-state index is 2.41.